The molecule has 1 aromatic carbocycles. The molecule has 100 valence electrons. The van der Waals surface area contributed by atoms with Gasteiger partial charge in [0.05, 0.1) is 6.61 Å². The minimum Gasteiger partial charge on any atom is -0.395 e. The topological polar surface area (TPSA) is 32.3 Å². The maximum Gasteiger partial charge on any atom is 0.0587 e. The molecule has 2 nitrogen and oxygen atoms in total. The van der Waals surface area contributed by atoms with Crippen molar-refractivity contribution in [3.8, 4) is 0 Å². The number of aliphatic hydroxyl groups excluding tert-OH is 1. The second-order valence-corrected chi connectivity index (χ2v) is 5.68. The van der Waals surface area contributed by atoms with Crippen LogP contribution in [0.5, 0.6) is 0 Å². The van der Waals surface area contributed by atoms with Gasteiger partial charge in [-0.1, -0.05) is 50.1 Å². The van der Waals surface area contributed by atoms with Gasteiger partial charge in [-0.3, -0.25) is 0 Å². The summed E-state index contributed by atoms with van der Waals surface area (Å²) < 4.78 is 0. The van der Waals surface area contributed by atoms with Crippen molar-refractivity contribution >= 4 is 0 Å². The minimum atomic E-state index is 0.256. The van der Waals surface area contributed by atoms with Gasteiger partial charge in [0.1, 0.15) is 0 Å². The van der Waals surface area contributed by atoms with Crippen molar-refractivity contribution in [2.45, 2.75) is 45.2 Å². The zero-order valence-electron chi connectivity index (χ0n) is 11.3. The molecule has 1 atom stereocenters. The second-order valence-electron chi connectivity index (χ2n) is 5.68. The summed E-state index contributed by atoms with van der Waals surface area (Å²) in [6.07, 6.45) is 5.14. The molecule has 1 unspecified atom stereocenters. The summed E-state index contributed by atoms with van der Waals surface area (Å²) in [5, 5.41) is 13.1. The Morgan fingerprint density at radius 1 is 1.17 bits per heavy atom. The fraction of sp³-hybridized carbons (Fsp3) is 0.625. The monoisotopic (exact) mass is 247 g/mol. The average molecular weight is 247 g/mol. The van der Waals surface area contributed by atoms with E-state index in [4.69, 9.17) is 0 Å². The van der Waals surface area contributed by atoms with Crippen LogP contribution in [-0.2, 0) is 6.54 Å². The van der Waals surface area contributed by atoms with E-state index in [0.29, 0.717) is 5.92 Å². The molecule has 0 radical (unpaired) electrons. The number of rotatable bonds is 5. The Morgan fingerprint density at radius 3 is 2.44 bits per heavy atom. The van der Waals surface area contributed by atoms with Crippen LogP contribution in [0.15, 0.2) is 30.3 Å². The highest BCUT2D eigenvalue weighted by atomic mass is 16.3. The Balaban J connectivity index is 1.82. The van der Waals surface area contributed by atoms with Gasteiger partial charge in [0, 0.05) is 12.6 Å². The summed E-state index contributed by atoms with van der Waals surface area (Å²) in [6.45, 7) is 3.45. The molecule has 0 aliphatic heterocycles. The highest BCUT2D eigenvalue weighted by molar-refractivity contribution is 5.14. The quantitative estimate of drug-likeness (QED) is 0.838. The van der Waals surface area contributed by atoms with Crippen LogP contribution in [0.1, 0.15) is 38.2 Å². The van der Waals surface area contributed by atoms with Crippen LogP contribution in [0, 0.1) is 11.8 Å². The van der Waals surface area contributed by atoms with Crippen molar-refractivity contribution in [3.05, 3.63) is 35.9 Å². The minimum absolute atomic E-state index is 0.256. The zero-order valence-corrected chi connectivity index (χ0v) is 11.3. The van der Waals surface area contributed by atoms with Crippen molar-refractivity contribution in [3.63, 3.8) is 0 Å². The highest BCUT2D eigenvalue weighted by Crippen LogP contribution is 2.30. The third-order valence-corrected chi connectivity index (χ3v) is 4.24. The predicted molar refractivity (Wildman–Crippen MR) is 75.3 cm³/mol. The second kappa shape index (κ2) is 6.91. The third-order valence-electron chi connectivity index (χ3n) is 4.24. The number of nitrogens with one attached hydrogen (secondary N) is 1. The summed E-state index contributed by atoms with van der Waals surface area (Å²) in [6, 6.07) is 10.7. The fourth-order valence-corrected chi connectivity index (χ4v) is 2.91. The molecule has 0 aromatic heterocycles. The maximum absolute atomic E-state index is 9.56. The normalized spacial score (nSPS) is 25.9. The van der Waals surface area contributed by atoms with Crippen LogP contribution in [0.3, 0.4) is 0 Å². The van der Waals surface area contributed by atoms with E-state index in [1.54, 1.807) is 0 Å². The predicted octanol–water partition coefficient (Wildman–Crippen LogP) is 2.96. The first-order valence-corrected chi connectivity index (χ1v) is 7.17. The molecule has 2 rings (SSSR count). The van der Waals surface area contributed by atoms with E-state index in [-0.39, 0.29) is 12.6 Å². The van der Waals surface area contributed by atoms with Crippen LogP contribution in [-0.4, -0.2) is 17.8 Å². The van der Waals surface area contributed by atoms with E-state index in [2.05, 4.69) is 36.5 Å². The Bertz CT molecular complexity index is 330. The Morgan fingerprint density at radius 2 is 1.83 bits per heavy atom. The molecule has 1 aliphatic rings. The first-order chi connectivity index (χ1) is 8.79. The standard InChI is InChI=1S/C16H25NO/c1-13-7-9-15(10-8-13)16(12-18)17-11-14-5-3-2-4-6-14/h2-6,13,15-18H,7-12H2,1H3. The maximum atomic E-state index is 9.56. The summed E-state index contributed by atoms with van der Waals surface area (Å²) in [4.78, 5) is 0. The van der Waals surface area contributed by atoms with E-state index in [1.807, 2.05) is 6.07 Å². The highest BCUT2D eigenvalue weighted by Gasteiger charge is 2.25. The fourth-order valence-electron chi connectivity index (χ4n) is 2.91. The lowest BCUT2D eigenvalue weighted by molar-refractivity contribution is 0.157. The molecule has 18 heavy (non-hydrogen) atoms. The summed E-state index contributed by atoms with van der Waals surface area (Å²) in [7, 11) is 0. The zero-order chi connectivity index (χ0) is 12.8. The van der Waals surface area contributed by atoms with Gasteiger partial charge in [0.25, 0.3) is 0 Å². The van der Waals surface area contributed by atoms with Gasteiger partial charge in [0.15, 0.2) is 0 Å². The Kier molecular flexibility index (Phi) is 5.21. The summed E-state index contributed by atoms with van der Waals surface area (Å²) >= 11 is 0. The van der Waals surface area contributed by atoms with Crippen molar-refractivity contribution in [2.24, 2.45) is 11.8 Å². The summed E-state index contributed by atoms with van der Waals surface area (Å²) in [5.74, 6) is 1.52. The smallest absolute Gasteiger partial charge is 0.0587 e. The largest absolute Gasteiger partial charge is 0.395 e. The van der Waals surface area contributed by atoms with E-state index >= 15 is 0 Å². The van der Waals surface area contributed by atoms with E-state index in [0.717, 1.165) is 12.5 Å². The van der Waals surface area contributed by atoms with Gasteiger partial charge >= 0.3 is 0 Å². The first-order valence-electron chi connectivity index (χ1n) is 7.17. The number of hydrogen-bond donors (Lipinski definition) is 2. The molecule has 1 aliphatic carbocycles. The molecular weight excluding hydrogens is 222 g/mol. The molecule has 2 heteroatoms. The van der Waals surface area contributed by atoms with E-state index < -0.39 is 0 Å². The number of aliphatic hydroxyl groups is 1. The molecular formula is C16H25NO. The lowest BCUT2D eigenvalue weighted by atomic mass is 9.79. The lowest BCUT2D eigenvalue weighted by Crippen LogP contribution is -2.40. The van der Waals surface area contributed by atoms with Crippen molar-refractivity contribution in [2.75, 3.05) is 6.61 Å². The van der Waals surface area contributed by atoms with Crippen molar-refractivity contribution in [1.82, 2.24) is 5.32 Å². The van der Waals surface area contributed by atoms with Crippen LogP contribution < -0.4 is 5.32 Å². The van der Waals surface area contributed by atoms with E-state index in [9.17, 15) is 5.11 Å². The average Bonchev–Trinajstić information content (AvgIpc) is 2.42. The Hall–Kier alpha value is -0.860. The molecule has 1 fully saturated rings. The van der Waals surface area contributed by atoms with Gasteiger partial charge in [-0.25, -0.2) is 0 Å². The van der Waals surface area contributed by atoms with Gasteiger partial charge in [-0.05, 0) is 30.2 Å². The Labute approximate surface area is 110 Å². The van der Waals surface area contributed by atoms with Gasteiger partial charge in [-0.15, -0.1) is 0 Å². The van der Waals surface area contributed by atoms with Crippen molar-refractivity contribution < 1.29 is 5.11 Å². The molecule has 0 saturated heterocycles. The van der Waals surface area contributed by atoms with Crippen LogP contribution in [0.25, 0.3) is 0 Å². The summed E-state index contributed by atoms with van der Waals surface area (Å²) in [5.41, 5.74) is 1.29. The molecule has 1 aromatic rings. The number of benzene rings is 1. The van der Waals surface area contributed by atoms with Crippen LogP contribution in [0.2, 0.25) is 0 Å². The molecule has 0 amide bonds. The lowest BCUT2D eigenvalue weighted by Gasteiger charge is -2.32. The molecule has 0 heterocycles. The SMILES string of the molecule is CC1CCC(C(CO)NCc2ccccc2)CC1. The number of hydrogen-bond acceptors (Lipinski definition) is 2. The van der Waals surface area contributed by atoms with Gasteiger partial charge < -0.3 is 10.4 Å². The van der Waals surface area contributed by atoms with Crippen molar-refractivity contribution in [1.29, 1.82) is 0 Å². The molecule has 0 spiro atoms. The van der Waals surface area contributed by atoms with Crippen LogP contribution >= 0.6 is 0 Å². The van der Waals surface area contributed by atoms with E-state index in [1.165, 1.54) is 31.2 Å². The molecule has 1 saturated carbocycles. The first kappa shape index (κ1) is 13.6. The van der Waals surface area contributed by atoms with Gasteiger partial charge in [-0.2, -0.15) is 0 Å². The van der Waals surface area contributed by atoms with Crippen LogP contribution in [0.4, 0.5) is 0 Å². The molecule has 0 bridgehead atoms. The third kappa shape index (κ3) is 3.82. The molecule has 2 N–H and O–H groups in total. The van der Waals surface area contributed by atoms with Gasteiger partial charge in [0.2, 0.25) is 0 Å².